The highest BCUT2D eigenvalue weighted by Gasteiger charge is 2.15. The highest BCUT2D eigenvalue weighted by atomic mass is 35.5. The Morgan fingerprint density at radius 1 is 1.41 bits per heavy atom. The van der Waals surface area contributed by atoms with Gasteiger partial charge >= 0.3 is 0 Å². The van der Waals surface area contributed by atoms with Crippen molar-refractivity contribution in [2.45, 2.75) is 33.2 Å². The van der Waals surface area contributed by atoms with Crippen LogP contribution >= 0.6 is 23.2 Å². The van der Waals surface area contributed by atoms with Crippen molar-refractivity contribution in [3.05, 3.63) is 39.6 Å². The number of hydrogen-bond acceptors (Lipinski definition) is 3. The van der Waals surface area contributed by atoms with Crippen LogP contribution in [0.3, 0.4) is 0 Å². The maximum absolute atomic E-state index is 12.3. The number of benzene rings is 1. The molecule has 2 aromatic rings. The van der Waals surface area contributed by atoms with Crippen molar-refractivity contribution in [2.75, 3.05) is 11.1 Å². The van der Waals surface area contributed by atoms with Crippen molar-refractivity contribution in [3.63, 3.8) is 0 Å². The summed E-state index contributed by atoms with van der Waals surface area (Å²) in [5.74, 6) is -0.310. The molecule has 1 amide bonds. The summed E-state index contributed by atoms with van der Waals surface area (Å²) in [5, 5.41) is 7.64. The fourth-order valence-electron chi connectivity index (χ4n) is 2.07. The molecule has 0 saturated carbocycles. The van der Waals surface area contributed by atoms with Crippen molar-refractivity contribution in [3.8, 4) is 0 Å². The quantitative estimate of drug-likeness (QED) is 0.814. The number of nitrogen functional groups attached to an aromatic ring is 1. The summed E-state index contributed by atoms with van der Waals surface area (Å²) in [7, 11) is 0. The van der Waals surface area contributed by atoms with E-state index in [2.05, 4.69) is 24.3 Å². The Labute approximate surface area is 139 Å². The number of nitrogens with one attached hydrogen (secondary N) is 1. The number of amides is 1. The molecule has 0 bridgehead atoms. The van der Waals surface area contributed by atoms with Gasteiger partial charge in [-0.05, 0) is 32.4 Å². The summed E-state index contributed by atoms with van der Waals surface area (Å²) in [6.07, 6.45) is 2.60. The number of halogens is 2. The third kappa shape index (κ3) is 3.20. The normalized spacial score (nSPS) is 12.2. The molecule has 0 saturated heterocycles. The summed E-state index contributed by atoms with van der Waals surface area (Å²) in [6, 6.07) is 3.25. The lowest BCUT2D eigenvalue weighted by Gasteiger charge is -2.12. The molecule has 0 aliphatic heterocycles. The van der Waals surface area contributed by atoms with Gasteiger partial charge in [-0.15, -0.1) is 0 Å². The van der Waals surface area contributed by atoms with E-state index in [0.717, 1.165) is 12.1 Å². The van der Waals surface area contributed by atoms with Crippen LogP contribution in [0, 0.1) is 6.92 Å². The fourth-order valence-corrected chi connectivity index (χ4v) is 2.56. The highest BCUT2D eigenvalue weighted by Crippen LogP contribution is 2.29. The van der Waals surface area contributed by atoms with E-state index in [0.29, 0.717) is 11.3 Å². The Hall–Kier alpha value is -1.72. The van der Waals surface area contributed by atoms with Gasteiger partial charge in [-0.3, -0.25) is 9.48 Å². The summed E-state index contributed by atoms with van der Waals surface area (Å²) < 4.78 is 1.89. The zero-order chi connectivity index (χ0) is 16.4. The molecule has 0 spiro atoms. The number of rotatable bonds is 4. The minimum Gasteiger partial charge on any atom is -0.396 e. The topological polar surface area (TPSA) is 72.9 Å². The third-order valence-electron chi connectivity index (χ3n) is 3.64. The van der Waals surface area contributed by atoms with Gasteiger partial charge in [0.1, 0.15) is 0 Å². The molecule has 0 unspecified atom stereocenters. The Kier molecular flexibility index (Phi) is 4.98. The average molecular weight is 341 g/mol. The van der Waals surface area contributed by atoms with E-state index >= 15 is 0 Å². The molecule has 0 radical (unpaired) electrons. The lowest BCUT2D eigenvalue weighted by molar-refractivity contribution is 0.102. The van der Waals surface area contributed by atoms with Crippen LogP contribution < -0.4 is 11.1 Å². The molecule has 0 aliphatic carbocycles. The average Bonchev–Trinajstić information content (AvgIpc) is 2.84. The van der Waals surface area contributed by atoms with Crippen LogP contribution in [0.4, 0.5) is 11.4 Å². The molecule has 5 nitrogen and oxygen atoms in total. The van der Waals surface area contributed by atoms with Crippen LogP contribution in [0.2, 0.25) is 10.0 Å². The number of nitrogens with zero attached hydrogens (tertiary/aromatic N) is 2. The summed E-state index contributed by atoms with van der Waals surface area (Å²) in [5.41, 5.74) is 7.84. The van der Waals surface area contributed by atoms with Gasteiger partial charge in [0.05, 0.1) is 33.3 Å². The minimum atomic E-state index is -0.310. The molecular weight excluding hydrogens is 323 g/mol. The molecule has 1 heterocycles. The summed E-state index contributed by atoms with van der Waals surface area (Å²) in [6.45, 7) is 6.07. The van der Waals surface area contributed by atoms with E-state index < -0.39 is 0 Å². The van der Waals surface area contributed by atoms with Gasteiger partial charge in [-0.25, -0.2) is 0 Å². The third-order valence-corrected chi connectivity index (χ3v) is 4.27. The van der Waals surface area contributed by atoms with Crippen LogP contribution in [0.1, 0.15) is 42.4 Å². The predicted molar refractivity (Wildman–Crippen MR) is 90.8 cm³/mol. The van der Waals surface area contributed by atoms with E-state index in [1.54, 1.807) is 6.20 Å². The molecule has 1 aromatic heterocycles. The fraction of sp³-hybridized carbons (Fsp3) is 0.333. The van der Waals surface area contributed by atoms with Gasteiger partial charge in [0, 0.05) is 11.6 Å². The zero-order valence-corrected chi connectivity index (χ0v) is 14.2. The van der Waals surface area contributed by atoms with Gasteiger partial charge in [0.25, 0.3) is 5.91 Å². The lowest BCUT2D eigenvalue weighted by atomic mass is 10.2. The van der Waals surface area contributed by atoms with Crippen LogP contribution in [-0.4, -0.2) is 15.7 Å². The van der Waals surface area contributed by atoms with Gasteiger partial charge in [-0.1, -0.05) is 30.1 Å². The Bertz CT molecular complexity index is 689. The zero-order valence-electron chi connectivity index (χ0n) is 12.7. The van der Waals surface area contributed by atoms with E-state index in [1.165, 1.54) is 12.1 Å². The number of anilines is 2. The standard InChI is InChI=1S/C15H18Cl2N4O/c1-4-8(2)21-9(3)13(7-19-21)20-15(22)10-5-11(16)14(18)12(17)6-10/h5-8H,4,18H2,1-3H3,(H,20,22)/t8-/m0/s1. The molecule has 0 fully saturated rings. The first-order valence-electron chi connectivity index (χ1n) is 6.95. The molecule has 2 rings (SSSR count). The van der Waals surface area contributed by atoms with Gasteiger partial charge < -0.3 is 11.1 Å². The van der Waals surface area contributed by atoms with Gasteiger partial charge in [0.2, 0.25) is 0 Å². The van der Waals surface area contributed by atoms with Crippen LogP contribution in [-0.2, 0) is 0 Å². The molecular formula is C15H18Cl2N4O. The first-order valence-corrected chi connectivity index (χ1v) is 7.70. The number of aromatic nitrogens is 2. The highest BCUT2D eigenvalue weighted by molar-refractivity contribution is 6.39. The second-order valence-corrected chi connectivity index (χ2v) is 5.97. The van der Waals surface area contributed by atoms with Gasteiger partial charge in [-0.2, -0.15) is 5.10 Å². The van der Waals surface area contributed by atoms with Crippen LogP contribution in [0.25, 0.3) is 0 Å². The largest absolute Gasteiger partial charge is 0.396 e. The first-order chi connectivity index (χ1) is 10.3. The van der Waals surface area contributed by atoms with E-state index in [4.69, 9.17) is 28.9 Å². The van der Waals surface area contributed by atoms with Gasteiger partial charge in [0.15, 0.2) is 0 Å². The molecule has 0 aliphatic rings. The maximum atomic E-state index is 12.3. The van der Waals surface area contributed by atoms with Crippen molar-refractivity contribution in [1.82, 2.24) is 9.78 Å². The number of carbonyl (C=O) groups is 1. The van der Waals surface area contributed by atoms with Crippen LogP contribution in [0.15, 0.2) is 18.3 Å². The number of carbonyl (C=O) groups excluding carboxylic acids is 1. The second kappa shape index (κ2) is 6.58. The van der Waals surface area contributed by atoms with Crippen molar-refractivity contribution in [1.29, 1.82) is 0 Å². The summed E-state index contributed by atoms with van der Waals surface area (Å²) in [4.78, 5) is 12.3. The molecule has 118 valence electrons. The van der Waals surface area contributed by atoms with Crippen molar-refractivity contribution in [2.24, 2.45) is 0 Å². The monoisotopic (exact) mass is 340 g/mol. The molecule has 1 aromatic carbocycles. The number of nitrogens with two attached hydrogens (primary N) is 1. The van der Waals surface area contributed by atoms with E-state index in [-0.39, 0.29) is 27.7 Å². The minimum absolute atomic E-state index is 0.254. The van der Waals surface area contributed by atoms with Crippen LogP contribution in [0.5, 0.6) is 0 Å². The summed E-state index contributed by atoms with van der Waals surface area (Å²) >= 11 is 11.9. The smallest absolute Gasteiger partial charge is 0.255 e. The molecule has 3 N–H and O–H groups in total. The molecule has 1 atom stereocenters. The number of hydrogen-bond donors (Lipinski definition) is 2. The Balaban J connectivity index is 2.25. The Morgan fingerprint density at radius 2 is 2.00 bits per heavy atom. The first kappa shape index (κ1) is 16.6. The maximum Gasteiger partial charge on any atom is 0.255 e. The Morgan fingerprint density at radius 3 is 2.55 bits per heavy atom. The van der Waals surface area contributed by atoms with Crippen molar-refractivity contribution >= 4 is 40.5 Å². The SMILES string of the molecule is CC[C@H](C)n1ncc(NC(=O)c2cc(Cl)c(N)c(Cl)c2)c1C. The molecule has 22 heavy (non-hydrogen) atoms. The molecule has 7 heteroatoms. The van der Waals surface area contributed by atoms with E-state index in [1.807, 2.05) is 11.6 Å². The predicted octanol–water partition coefficient (Wildman–Crippen LogP) is 4.30. The van der Waals surface area contributed by atoms with E-state index in [9.17, 15) is 4.79 Å². The second-order valence-electron chi connectivity index (χ2n) is 5.15. The lowest BCUT2D eigenvalue weighted by Crippen LogP contribution is -2.14. The van der Waals surface area contributed by atoms with Crippen molar-refractivity contribution < 1.29 is 4.79 Å².